The predicted octanol–water partition coefficient (Wildman–Crippen LogP) is 0.568. The molecule has 1 rings (SSSR count). The second-order valence-electron chi connectivity index (χ2n) is 2.67. The third-order valence-electron chi connectivity index (χ3n) is 1.59. The zero-order chi connectivity index (χ0) is 11.3. The lowest BCUT2D eigenvalue weighted by molar-refractivity contribution is 0.373. The molecule has 0 bridgehead atoms. The first-order valence-electron chi connectivity index (χ1n) is 4.09. The first-order valence-corrected chi connectivity index (χ1v) is 4.50. The number of hydrazone groups is 1. The summed E-state index contributed by atoms with van der Waals surface area (Å²) in [5.74, 6) is 0.464. The highest BCUT2D eigenvalue weighted by molar-refractivity contribution is 7.80. The molecule has 0 aliphatic carbocycles. The predicted molar refractivity (Wildman–Crippen MR) is 62.2 cm³/mol. The maximum absolute atomic E-state index is 9.44. The van der Waals surface area contributed by atoms with Crippen LogP contribution >= 0.6 is 12.2 Å². The molecule has 6 heteroatoms. The molecule has 5 nitrogen and oxygen atoms in total. The summed E-state index contributed by atoms with van der Waals surface area (Å²) in [6.45, 7) is 0. The number of methoxy groups -OCH3 is 1. The number of ether oxygens (including phenoxy) is 1. The van der Waals surface area contributed by atoms with Gasteiger partial charge in [0, 0.05) is 0 Å². The van der Waals surface area contributed by atoms with Gasteiger partial charge in [-0.05, 0) is 36.0 Å². The molecule has 80 valence electrons. The van der Waals surface area contributed by atoms with Crippen molar-refractivity contribution in [1.82, 2.24) is 5.43 Å². The summed E-state index contributed by atoms with van der Waals surface area (Å²) < 4.78 is 4.89. The van der Waals surface area contributed by atoms with Crippen LogP contribution in [0.1, 0.15) is 5.56 Å². The Hall–Kier alpha value is -1.82. The van der Waals surface area contributed by atoms with Gasteiger partial charge in [0.2, 0.25) is 0 Å². The molecular weight excluding hydrogens is 214 g/mol. The molecule has 15 heavy (non-hydrogen) atoms. The lowest BCUT2D eigenvalue weighted by Gasteiger charge is -2.02. The number of hydrogen-bond acceptors (Lipinski definition) is 4. The molecular formula is C9H11N3O2S. The molecule has 0 heterocycles. The fourth-order valence-electron chi connectivity index (χ4n) is 0.958. The standard InChI is InChI=1S/C9H11N3O2S/c1-14-8-3-2-6(4-7(8)13)5-11-12-9(10)15/h2-5,13H,1H3,(H3,10,12,15). The van der Waals surface area contributed by atoms with Crippen molar-refractivity contribution >= 4 is 23.5 Å². The van der Waals surface area contributed by atoms with Crippen molar-refractivity contribution in [3.63, 3.8) is 0 Å². The lowest BCUT2D eigenvalue weighted by atomic mass is 10.2. The summed E-state index contributed by atoms with van der Waals surface area (Å²) in [5, 5.41) is 13.3. The maximum atomic E-state index is 9.44. The summed E-state index contributed by atoms with van der Waals surface area (Å²) in [5.41, 5.74) is 8.28. The summed E-state index contributed by atoms with van der Waals surface area (Å²) >= 11 is 4.56. The van der Waals surface area contributed by atoms with E-state index in [2.05, 4.69) is 22.7 Å². The Morgan fingerprint density at radius 2 is 2.40 bits per heavy atom. The molecule has 0 unspecified atom stereocenters. The van der Waals surface area contributed by atoms with Gasteiger partial charge in [-0.15, -0.1) is 0 Å². The Kier molecular flexibility index (Phi) is 3.87. The minimum absolute atomic E-state index is 0.0526. The van der Waals surface area contributed by atoms with Crippen molar-refractivity contribution in [1.29, 1.82) is 0 Å². The largest absolute Gasteiger partial charge is 0.504 e. The van der Waals surface area contributed by atoms with E-state index in [1.54, 1.807) is 12.1 Å². The van der Waals surface area contributed by atoms with Crippen LogP contribution in [0.5, 0.6) is 11.5 Å². The van der Waals surface area contributed by atoms with Gasteiger partial charge in [-0.3, -0.25) is 5.43 Å². The molecule has 0 aliphatic heterocycles. The second-order valence-corrected chi connectivity index (χ2v) is 3.11. The van der Waals surface area contributed by atoms with Crippen LogP contribution in [0.25, 0.3) is 0 Å². The van der Waals surface area contributed by atoms with E-state index in [-0.39, 0.29) is 10.9 Å². The van der Waals surface area contributed by atoms with Gasteiger partial charge in [0.05, 0.1) is 13.3 Å². The molecule has 4 N–H and O–H groups in total. The number of nitrogens with one attached hydrogen (secondary N) is 1. The molecule has 0 amide bonds. The monoisotopic (exact) mass is 225 g/mol. The number of phenols is 1. The van der Waals surface area contributed by atoms with Gasteiger partial charge in [0.25, 0.3) is 0 Å². The van der Waals surface area contributed by atoms with Crippen molar-refractivity contribution in [3.05, 3.63) is 23.8 Å². The van der Waals surface area contributed by atoms with E-state index in [0.29, 0.717) is 11.3 Å². The fraction of sp³-hybridized carbons (Fsp3) is 0.111. The van der Waals surface area contributed by atoms with E-state index in [1.807, 2.05) is 0 Å². The Morgan fingerprint density at radius 1 is 1.67 bits per heavy atom. The fourth-order valence-corrected chi connectivity index (χ4v) is 1.01. The molecule has 1 aromatic carbocycles. The Balaban J connectivity index is 2.75. The van der Waals surface area contributed by atoms with Crippen LogP contribution in [0.15, 0.2) is 23.3 Å². The van der Waals surface area contributed by atoms with Crippen LogP contribution < -0.4 is 15.9 Å². The molecule has 0 spiro atoms. The normalized spacial score (nSPS) is 10.2. The van der Waals surface area contributed by atoms with E-state index in [9.17, 15) is 5.11 Å². The number of thiocarbonyl (C=S) groups is 1. The Bertz CT molecular complexity index is 393. The highest BCUT2D eigenvalue weighted by Crippen LogP contribution is 2.25. The van der Waals surface area contributed by atoms with E-state index in [0.717, 1.165) is 0 Å². The quantitative estimate of drug-likeness (QED) is 0.398. The van der Waals surface area contributed by atoms with Crippen LogP contribution in [0, 0.1) is 0 Å². The van der Waals surface area contributed by atoms with E-state index in [4.69, 9.17) is 10.5 Å². The maximum Gasteiger partial charge on any atom is 0.184 e. The van der Waals surface area contributed by atoms with Crippen molar-refractivity contribution in [2.45, 2.75) is 0 Å². The molecule has 0 atom stereocenters. The number of phenolic OH excluding ortho intramolecular Hbond substituents is 1. The van der Waals surface area contributed by atoms with Crippen molar-refractivity contribution < 1.29 is 9.84 Å². The highest BCUT2D eigenvalue weighted by atomic mass is 32.1. The zero-order valence-electron chi connectivity index (χ0n) is 8.10. The zero-order valence-corrected chi connectivity index (χ0v) is 8.91. The lowest BCUT2D eigenvalue weighted by Crippen LogP contribution is -2.23. The van der Waals surface area contributed by atoms with Gasteiger partial charge >= 0.3 is 0 Å². The first kappa shape index (κ1) is 11.3. The first-order chi connectivity index (χ1) is 7.13. The van der Waals surface area contributed by atoms with E-state index < -0.39 is 0 Å². The average Bonchev–Trinajstić information content (AvgIpc) is 2.17. The van der Waals surface area contributed by atoms with Crippen molar-refractivity contribution in [2.24, 2.45) is 10.8 Å². The van der Waals surface area contributed by atoms with Crippen LogP contribution in [0.3, 0.4) is 0 Å². The highest BCUT2D eigenvalue weighted by Gasteiger charge is 2.00. The molecule has 0 fully saturated rings. The Morgan fingerprint density at radius 3 is 2.93 bits per heavy atom. The third kappa shape index (κ3) is 3.43. The van der Waals surface area contributed by atoms with E-state index in [1.165, 1.54) is 19.4 Å². The number of hydrogen-bond donors (Lipinski definition) is 3. The minimum atomic E-state index is 0.0526. The van der Waals surface area contributed by atoms with E-state index >= 15 is 0 Å². The summed E-state index contributed by atoms with van der Waals surface area (Å²) in [7, 11) is 1.48. The van der Waals surface area contributed by atoms with Gasteiger partial charge in [-0.25, -0.2) is 0 Å². The Labute approximate surface area is 92.5 Å². The SMILES string of the molecule is COc1ccc(C=NNC(N)=S)cc1O. The molecule has 0 aliphatic rings. The molecule has 0 radical (unpaired) electrons. The minimum Gasteiger partial charge on any atom is -0.504 e. The number of rotatable bonds is 3. The van der Waals surface area contributed by atoms with Crippen molar-refractivity contribution in [2.75, 3.05) is 7.11 Å². The number of nitrogens with two attached hydrogens (primary N) is 1. The van der Waals surface area contributed by atoms with Gasteiger partial charge < -0.3 is 15.6 Å². The van der Waals surface area contributed by atoms with Crippen LogP contribution in [-0.4, -0.2) is 23.5 Å². The second kappa shape index (κ2) is 5.16. The summed E-state index contributed by atoms with van der Waals surface area (Å²) in [4.78, 5) is 0. The third-order valence-corrected chi connectivity index (χ3v) is 1.68. The van der Waals surface area contributed by atoms with Crippen LogP contribution in [-0.2, 0) is 0 Å². The average molecular weight is 225 g/mol. The topological polar surface area (TPSA) is 79.9 Å². The number of benzene rings is 1. The van der Waals surface area contributed by atoms with Gasteiger partial charge in [0.15, 0.2) is 16.6 Å². The summed E-state index contributed by atoms with van der Waals surface area (Å²) in [6, 6.07) is 4.89. The number of aromatic hydroxyl groups is 1. The smallest absolute Gasteiger partial charge is 0.184 e. The molecule has 0 saturated heterocycles. The molecule has 0 aromatic heterocycles. The number of nitrogens with zero attached hydrogens (tertiary/aromatic N) is 1. The van der Waals surface area contributed by atoms with Crippen LogP contribution in [0.2, 0.25) is 0 Å². The van der Waals surface area contributed by atoms with Gasteiger partial charge in [-0.1, -0.05) is 0 Å². The summed E-state index contributed by atoms with van der Waals surface area (Å²) in [6.07, 6.45) is 1.48. The van der Waals surface area contributed by atoms with Crippen LogP contribution in [0.4, 0.5) is 0 Å². The van der Waals surface area contributed by atoms with Crippen molar-refractivity contribution in [3.8, 4) is 11.5 Å². The molecule has 1 aromatic rings. The molecule has 0 saturated carbocycles. The van der Waals surface area contributed by atoms with Gasteiger partial charge in [0.1, 0.15) is 0 Å². The van der Waals surface area contributed by atoms with Gasteiger partial charge in [-0.2, -0.15) is 5.10 Å².